The number of aliphatic hydroxyl groups excluding tert-OH is 1. The lowest BCUT2D eigenvalue weighted by Gasteiger charge is -2.13. The highest BCUT2D eigenvalue weighted by molar-refractivity contribution is 5.88. The van der Waals surface area contributed by atoms with Crippen molar-refractivity contribution in [2.75, 3.05) is 27.4 Å². The molecule has 0 amide bonds. The van der Waals surface area contributed by atoms with E-state index in [2.05, 4.69) is 0 Å². The second-order valence-corrected chi connectivity index (χ2v) is 6.08. The van der Waals surface area contributed by atoms with Crippen LogP contribution in [0.5, 0.6) is 11.5 Å². The third-order valence-electron chi connectivity index (χ3n) is 3.95. The first-order valence-corrected chi connectivity index (χ1v) is 9.16. The number of rotatable bonds is 10. The highest BCUT2D eigenvalue weighted by Gasteiger charge is 2.14. The van der Waals surface area contributed by atoms with E-state index in [4.69, 9.17) is 18.9 Å². The molecule has 0 heterocycles. The van der Waals surface area contributed by atoms with Gasteiger partial charge in [0.1, 0.15) is 18.1 Å². The van der Waals surface area contributed by atoms with E-state index in [0.29, 0.717) is 11.5 Å². The Balaban J connectivity index is 1.79. The van der Waals surface area contributed by atoms with Gasteiger partial charge < -0.3 is 24.1 Å². The molecule has 158 valence electrons. The van der Waals surface area contributed by atoms with Crippen LogP contribution < -0.4 is 9.47 Å². The Morgan fingerprint density at radius 1 is 0.833 bits per heavy atom. The fourth-order valence-electron chi connectivity index (χ4n) is 2.31. The van der Waals surface area contributed by atoms with E-state index in [1.54, 1.807) is 74.9 Å². The summed E-state index contributed by atoms with van der Waals surface area (Å²) in [5.74, 6) is 0.144. The van der Waals surface area contributed by atoms with E-state index in [-0.39, 0.29) is 6.61 Å². The fraction of sp³-hybridized carbons (Fsp3) is 0.217. The molecule has 0 aromatic heterocycles. The topological polar surface area (TPSA) is 91.3 Å². The largest absolute Gasteiger partial charge is 0.497 e. The summed E-state index contributed by atoms with van der Waals surface area (Å²) < 4.78 is 20.2. The summed E-state index contributed by atoms with van der Waals surface area (Å²) in [6.45, 7) is -0.734. The summed E-state index contributed by atoms with van der Waals surface area (Å²) in [4.78, 5) is 23.7. The van der Waals surface area contributed by atoms with Gasteiger partial charge in [-0.1, -0.05) is 24.3 Å². The van der Waals surface area contributed by atoms with Gasteiger partial charge in [-0.3, -0.25) is 0 Å². The molecular weight excluding hydrogens is 388 g/mol. The molecule has 2 rings (SSSR count). The predicted molar refractivity (Wildman–Crippen MR) is 112 cm³/mol. The minimum absolute atomic E-state index is 0.260. The van der Waals surface area contributed by atoms with E-state index in [0.717, 1.165) is 11.1 Å². The standard InChI is InChI=1S/C23H24O7/c1-27-19-9-3-17(4-10-19)7-13-22(25)29-16-21(15-24)30-23(26)14-8-18-5-11-20(28-2)12-6-18/h3-14,21,24H,15-16H2,1-2H3/b13-7+,14-8+. The molecule has 7 nitrogen and oxygen atoms in total. The SMILES string of the molecule is COc1ccc(/C=C/C(=O)OCC(CO)OC(=O)/C=C/c2ccc(OC)cc2)cc1. The molecule has 1 unspecified atom stereocenters. The number of ether oxygens (including phenoxy) is 4. The van der Waals surface area contributed by atoms with Crippen molar-refractivity contribution < 1.29 is 33.6 Å². The van der Waals surface area contributed by atoms with Gasteiger partial charge >= 0.3 is 11.9 Å². The monoisotopic (exact) mass is 412 g/mol. The Kier molecular flexibility index (Phi) is 9.15. The maximum Gasteiger partial charge on any atom is 0.331 e. The molecule has 0 fully saturated rings. The van der Waals surface area contributed by atoms with Crippen LogP contribution in [0.1, 0.15) is 11.1 Å². The molecule has 1 N–H and O–H groups in total. The zero-order chi connectivity index (χ0) is 21.8. The Hall–Kier alpha value is -3.58. The summed E-state index contributed by atoms with van der Waals surface area (Å²) in [5.41, 5.74) is 1.57. The van der Waals surface area contributed by atoms with E-state index in [1.807, 2.05) is 0 Å². The molecule has 2 aromatic carbocycles. The van der Waals surface area contributed by atoms with Gasteiger partial charge in [0.2, 0.25) is 0 Å². The lowest BCUT2D eigenvalue weighted by molar-refractivity contribution is -0.154. The minimum Gasteiger partial charge on any atom is -0.497 e. The summed E-state index contributed by atoms with van der Waals surface area (Å²) in [5, 5.41) is 9.35. The number of benzene rings is 2. The normalized spacial score (nSPS) is 12.0. The van der Waals surface area contributed by atoms with E-state index >= 15 is 0 Å². The van der Waals surface area contributed by atoms with Gasteiger partial charge in [0, 0.05) is 12.2 Å². The minimum atomic E-state index is -0.962. The Bertz CT molecular complexity index is 867. The summed E-state index contributed by atoms with van der Waals surface area (Å²) in [6.07, 6.45) is 4.67. The number of methoxy groups -OCH3 is 2. The van der Waals surface area contributed by atoms with Crippen LogP contribution in [-0.2, 0) is 19.1 Å². The van der Waals surface area contributed by atoms with Gasteiger partial charge in [0.15, 0.2) is 6.10 Å². The van der Waals surface area contributed by atoms with Crippen molar-refractivity contribution in [3.63, 3.8) is 0 Å². The second kappa shape index (κ2) is 12.1. The molecule has 30 heavy (non-hydrogen) atoms. The molecule has 0 bridgehead atoms. The zero-order valence-electron chi connectivity index (χ0n) is 16.8. The van der Waals surface area contributed by atoms with Gasteiger partial charge in [-0.05, 0) is 47.5 Å². The molecule has 0 radical (unpaired) electrons. The van der Waals surface area contributed by atoms with Crippen LogP contribution in [0.3, 0.4) is 0 Å². The predicted octanol–water partition coefficient (Wildman–Crippen LogP) is 2.88. The van der Waals surface area contributed by atoms with Crippen LogP contribution in [0, 0.1) is 0 Å². The molecule has 0 aliphatic carbocycles. The number of esters is 2. The van der Waals surface area contributed by atoms with Crippen molar-refractivity contribution in [3.8, 4) is 11.5 Å². The molecule has 0 aliphatic heterocycles. The van der Waals surface area contributed by atoms with Gasteiger partial charge in [-0.25, -0.2) is 9.59 Å². The van der Waals surface area contributed by atoms with Gasteiger partial charge in [0.05, 0.1) is 20.8 Å². The van der Waals surface area contributed by atoms with Crippen LogP contribution >= 0.6 is 0 Å². The number of hydrogen-bond donors (Lipinski definition) is 1. The Labute approximate surface area is 175 Å². The van der Waals surface area contributed by atoms with Gasteiger partial charge in [-0.2, -0.15) is 0 Å². The third-order valence-corrected chi connectivity index (χ3v) is 3.95. The van der Waals surface area contributed by atoms with Crippen molar-refractivity contribution in [3.05, 3.63) is 71.8 Å². The summed E-state index contributed by atoms with van der Waals surface area (Å²) in [6, 6.07) is 14.2. The zero-order valence-corrected chi connectivity index (χ0v) is 16.8. The quantitative estimate of drug-likeness (QED) is 0.474. The van der Waals surface area contributed by atoms with E-state index < -0.39 is 24.6 Å². The molecular formula is C23H24O7. The lowest BCUT2D eigenvalue weighted by Crippen LogP contribution is -2.27. The van der Waals surface area contributed by atoms with Crippen LogP contribution in [0.25, 0.3) is 12.2 Å². The molecule has 2 aromatic rings. The molecule has 0 spiro atoms. The van der Waals surface area contributed by atoms with Crippen molar-refractivity contribution in [1.29, 1.82) is 0 Å². The van der Waals surface area contributed by atoms with Crippen molar-refractivity contribution >= 4 is 24.1 Å². The first-order valence-electron chi connectivity index (χ1n) is 9.16. The Morgan fingerprint density at radius 2 is 1.30 bits per heavy atom. The van der Waals surface area contributed by atoms with Crippen LogP contribution in [-0.4, -0.2) is 50.6 Å². The summed E-state index contributed by atoms with van der Waals surface area (Å²) >= 11 is 0. The smallest absolute Gasteiger partial charge is 0.331 e. The Morgan fingerprint density at radius 3 is 1.73 bits per heavy atom. The number of carbonyl (C=O) groups excluding carboxylic acids is 2. The van der Waals surface area contributed by atoms with Crippen LogP contribution in [0.2, 0.25) is 0 Å². The summed E-state index contributed by atoms with van der Waals surface area (Å²) in [7, 11) is 3.14. The molecule has 7 heteroatoms. The van der Waals surface area contributed by atoms with E-state index in [9.17, 15) is 14.7 Å². The first-order chi connectivity index (χ1) is 14.5. The van der Waals surface area contributed by atoms with Gasteiger partial charge in [-0.15, -0.1) is 0 Å². The van der Waals surface area contributed by atoms with Crippen LogP contribution in [0.15, 0.2) is 60.7 Å². The average Bonchev–Trinajstić information content (AvgIpc) is 2.79. The maximum absolute atomic E-state index is 11.9. The molecule has 0 saturated heterocycles. The van der Waals surface area contributed by atoms with E-state index in [1.165, 1.54) is 12.2 Å². The first kappa shape index (κ1) is 22.7. The van der Waals surface area contributed by atoms with Crippen LogP contribution in [0.4, 0.5) is 0 Å². The number of aliphatic hydroxyl groups is 1. The fourth-order valence-corrected chi connectivity index (χ4v) is 2.31. The number of carbonyl (C=O) groups is 2. The molecule has 0 saturated carbocycles. The highest BCUT2D eigenvalue weighted by atomic mass is 16.6. The highest BCUT2D eigenvalue weighted by Crippen LogP contribution is 2.13. The van der Waals surface area contributed by atoms with Crippen molar-refractivity contribution in [2.45, 2.75) is 6.10 Å². The third kappa shape index (κ3) is 7.81. The van der Waals surface area contributed by atoms with Crippen molar-refractivity contribution in [2.24, 2.45) is 0 Å². The molecule has 0 aliphatic rings. The average molecular weight is 412 g/mol. The lowest BCUT2D eigenvalue weighted by atomic mass is 10.2. The van der Waals surface area contributed by atoms with Crippen molar-refractivity contribution in [1.82, 2.24) is 0 Å². The maximum atomic E-state index is 11.9. The van der Waals surface area contributed by atoms with Gasteiger partial charge in [0.25, 0.3) is 0 Å². The number of hydrogen-bond acceptors (Lipinski definition) is 7. The second-order valence-electron chi connectivity index (χ2n) is 6.08. The molecule has 1 atom stereocenters.